The first-order valence-electron chi connectivity index (χ1n) is 7.28. The molecule has 2 aromatic rings. The predicted molar refractivity (Wildman–Crippen MR) is 84.6 cm³/mol. The summed E-state index contributed by atoms with van der Waals surface area (Å²) >= 11 is 0. The zero-order valence-electron chi connectivity index (χ0n) is 12.3. The number of pyridine rings is 1. The average Bonchev–Trinajstić information content (AvgIpc) is 3.10. The van der Waals surface area contributed by atoms with E-state index in [0.717, 1.165) is 12.8 Å². The second-order valence-electron chi connectivity index (χ2n) is 5.37. The Labute approximate surface area is 134 Å². The molecule has 3 rings (SSSR count). The summed E-state index contributed by atoms with van der Waals surface area (Å²) in [5.41, 5.74) is 1.02. The van der Waals surface area contributed by atoms with Crippen molar-refractivity contribution in [2.24, 2.45) is 0 Å². The summed E-state index contributed by atoms with van der Waals surface area (Å²) in [4.78, 5) is 15.5. The minimum atomic E-state index is -3.54. The monoisotopic (exact) mass is 332 g/mol. The van der Waals surface area contributed by atoms with E-state index in [-0.39, 0.29) is 10.5 Å². The summed E-state index contributed by atoms with van der Waals surface area (Å²) in [6, 6.07) is 7.76. The van der Waals surface area contributed by atoms with Crippen LogP contribution in [0.3, 0.4) is 0 Å². The Morgan fingerprint density at radius 2 is 1.91 bits per heavy atom. The van der Waals surface area contributed by atoms with Crippen molar-refractivity contribution in [2.75, 3.05) is 13.1 Å². The highest BCUT2D eigenvalue weighted by molar-refractivity contribution is 7.89. The molecule has 1 N–H and O–H groups in total. The van der Waals surface area contributed by atoms with Crippen molar-refractivity contribution in [2.45, 2.75) is 17.7 Å². The van der Waals surface area contributed by atoms with Gasteiger partial charge in [0.2, 0.25) is 10.0 Å². The number of hydrogen-bond acceptors (Lipinski definition) is 4. The number of rotatable bonds is 4. The lowest BCUT2D eigenvalue weighted by molar-refractivity contribution is 0.0697. The van der Waals surface area contributed by atoms with Crippen LogP contribution in [-0.4, -0.2) is 41.9 Å². The van der Waals surface area contributed by atoms with E-state index >= 15 is 0 Å². The van der Waals surface area contributed by atoms with Crippen LogP contribution in [0, 0.1) is 0 Å². The maximum atomic E-state index is 12.6. The number of sulfonamides is 1. The fourth-order valence-corrected chi connectivity index (χ4v) is 4.28. The molecule has 0 bridgehead atoms. The van der Waals surface area contributed by atoms with Gasteiger partial charge in [-0.05, 0) is 36.6 Å². The standard InChI is InChI=1S/C16H16N2O4S/c19-16(20)14-6-7-17-11-15(14)12-4-3-5-13(10-12)23(21,22)18-8-1-2-9-18/h3-7,10-11H,1-2,8-9H2,(H,19,20). The highest BCUT2D eigenvalue weighted by Crippen LogP contribution is 2.27. The van der Waals surface area contributed by atoms with Crippen LogP contribution in [-0.2, 0) is 10.0 Å². The normalized spacial score (nSPS) is 15.7. The van der Waals surface area contributed by atoms with E-state index < -0.39 is 16.0 Å². The minimum absolute atomic E-state index is 0.0933. The third-order valence-electron chi connectivity index (χ3n) is 3.90. The largest absolute Gasteiger partial charge is 0.478 e. The van der Waals surface area contributed by atoms with E-state index in [1.807, 2.05) is 0 Å². The summed E-state index contributed by atoms with van der Waals surface area (Å²) in [7, 11) is -3.54. The maximum Gasteiger partial charge on any atom is 0.336 e. The Hall–Kier alpha value is -2.25. The smallest absolute Gasteiger partial charge is 0.336 e. The Balaban J connectivity index is 2.06. The number of benzene rings is 1. The Kier molecular flexibility index (Phi) is 4.14. The molecule has 120 valence electrons. The van der Waals surface area contributed by atoms with Crippen molar-refractivity contribution in [3.63, 3.8) is 0 Å². The molecule has 1 aliphatic rings. The van der Waals surface area contributed by atoms with Crippen molar-refractivity contribution in [3.05, 3.63) is 48.3 Å². The number of carboxylic acids is 1. The molecule has 1 fully saturated rings. The summed E-state index contributed by atoms with van der Waals surface area (Å²) in [6.07, 6.45) is 4.57. The van der Waals surface area contributed by atoms with Gasteiger partial charge in [-0.15, -0.1) is 0 Å². The molecule has 1 aromatic heterocycles. The topological polar surface area (TPSA) is 87.6 Å². The fraction of sp³-hybridized carbons (Fsp3) is 0.250. The molecule has 6 nitrogen and oxygen atoms in total. The predicted octanol–water partition coefficient (Wildman–Crippen LogP) is 2.23. The van der Waals surface area contributed by atoms with Crippen LogP contribution >= 0.6 is 0 Å². The number of nitrogens with zero attached hydrogens (tertiary/aromatic N) is 2. The van der Waals surface area contributed by atoms with E-state index in [1.54, 1.807) is 12.1 Å². The lowest BCUT2D eigenvalue weighted by atomic mass is 10.0. The number of hydrogen-bond donors (Lipinski definition) is 1. The highest BCUT2D eigenvalue weighted by atomic mass is 32.2. The molecule has 0 amide bonds. The Morgan fingerprint density at radius 1 is 1.17 bits per heavy atom. The van der Waals surface area contributed by atoms with E-state index in [4.69, 9.17) is 0 Å². The first kappa shape index (κ1) is 15.6. The van der Waals surface area contributed by atoms with Crippen molar-refractivity contribution in [3.8, 4) is 11.1 Å². The van der Waals surface area contributed by atoms with E-state index in [9.17, 15) is 18.3 Å². The van der Waals surface area contributed by atoms with Crippen molar-refractivity contribution >= 4 is 16.0 Å². The molecular weight excluding hydrogens is 316 g/mol. The third kappa shape index (κ3) is 2.97. The van der Waals surface area contributed by atoms with Gasteiger partial charge in [0.25, 0.3) is 0 Å². The van der Waals surface area contributed by atoms with Crippen LogP contribution in [0.1, 0.15) is 23.2 Å². The van der Waals surface area contributed by atoms with E-state index in [2.05, 4.69) is 4.98 Å². The van der Waals surface area contributed by atoms with Gasteiger partial charge >= 0.3 is 5.97 Å². The van der Waals surface area contributed by atoms with Gasteiger partial charge in [0.05, 0.1) is 10.5 Å². The zero-order chi connectivity index (χ0) is 16.4. The maximum absolute atomic E-state index is 12.6. The lowest BCUT2D eigenvalue weighted by Crippen LogP contribution is -2.27. The summed E-state index contributed by atoms with van der Waals surface area (Å²) in [6.45, 7) is 1.06. The molecular formula is C16H16N2O4S. The minimum Gasteiger partial charge on any atom is -0.478 e. The SMILES string of the molecule is O=C(O)c1ccncc1-c1cccc(S(=O)(=O)N2CCCC2)c1. The number of aromatic nitrogens is 1. The van der Waals surface area contributed by atoms with Crippen molar-refractivity contribution in [1.82, 2.24) is 9.29 Å². The molecule has 0 unspecified atom stereocenters. The molecule has 0 aliphatic carbocycles. The number of carboxylic acid groups (broad SMARTS) is 1. The first-order chi connectivity index (χ1) is 11.0. The molecule has 7 heteroatoms. The molecule has 0 atom stereocenters. The van der Waals surface area contributed by atoms with Crippen LogP contribution in [0.2, 0.25) is 0 Å². The molecule has 0 spiro atoms. The van der Waals surface area contributed by atoms with Crippen LogP contribution in [0.4, 0.5) is 0 Å². The molecule has 0 radical (unpaired) electrons. The zero-order valence-corrected chi connectivity index (χ0v) is 13.2. The first-order valence-corrected chi connectivity index (χ1v) is 8.72. The third-order valence-corrected chi connectivity index (χ3v) is 5.79. The van der Waals surface area contributed by atoms with Gasteiger partial charge in [-0.2, -0.15) is 4.31 Å². The van der Waals surface area contributed by atoms with Gasteiger partial charge in [-0.25, -0.2) is 13.2 Å². The van der Waals surface area contributed by atoms with Crippen LogP contribution in [0.15, 0.2) is 47.6 Å². The van der Waals surface area contributed by atoms with Gasteiger partial charge in [0.1, 0.15) is 0 Å². The Morgan fingerprint density at radius 3 is 2.61 bits per heavy atom. The second-order valence-corrected chi connectivity index (χ2v) is 7.30. The summed E-state index contributed by atoms with van der Waals surface area (Å²) in [5, 5.41) is 9.27. The van der Waals surface area contributed by atoms with Crippen LogP contribution in [0.5, 0.6) is 0 Å². The van der Waals surface area contributed by atoms with Gasteiger partial charge in [0.15, 0.2) is 0 Å². The second kappa shape index (κ2) is 6.10. The molecule has 2 heterocycles. The lowest BCUT2D eigenvalue weighted by Gasteiger charge is -2.16. The van der Waals surface area contributed by atoms with Gasteiger partial charge in [-0.1, -0.05) is 12.1 Å². The molecule has 23 heavy (non-hydrogen) atoms. The van der Waals surface area contributed by atoms with E-state index in [0.29, 0.717) is 24.2 Å². The Bertz CT molecular complexity index is 843. The molecule has 0 saturated carbocycles. The van der Waals surface area contributed by atoms with Gasteiger partial charge in [0, 0.05) is 31.0 Å². The summed E-state index contributed by atoms with van der Waals surface area (Å²) < 4.78 is 26.7. The van der Waals surface area contributed by atoms with Crippen LogP contribution in [0.25, 0.3) is 11.1 Å². The molecule has 1 aromatic carbocycles. The van der Waals surface area contributed by atoms with E-state index in [1.165, 1.54) is 34.9 Å². The van der Waals surface area contributed by atoms with Gasteiger partial charge in [-0.3, -0.25) is 4.98 Å². The van der Waals surface area contributed by atoms with Crippen molar-refractivity contribution in [1.29, 1.82) is 0 Å². The summed E-state index contributed by atoms with van der Waals surface area (Å²) in [5.74, 6) is -1.07. The van der Waals surface area contributed by atoms with Crippen LogP contribution < -0.4 is 0 Å². The fourth-order valence-electron chi connectivity index (χ4n) is 2.71. The highest BCUT2D eigenvalue weighted by Gasteiger charge is 2.27. The van der Waals surface area contributed by atoms with Gasteiger partial charge < -0.3 is 5.11 Å². The molecule has 1 saturated heterocycles. The van der Waals surface area contributed by atoms with Crippen molar-refractivity contribution < 1.29 is 18.3 Å². The average molecular weight is 332 g/mol. The number of carbonyl (C=O) groups is 1. The number of aromatic carboxylic acids is 1. The molecule has 1 aliphatic heterocycles. The quantitative estimate of drug-likeness (QED) is 0.927.